The molecule has 112 valence electrons. The second-order valence-corrected chi connectivity index (χ2v) is 7.21. The van der Waals surface area contributed by atoms with Crippen LogP contribution in [0.1, 0.15) is 38.5 Å². The number of hydrogen-bond donors (Lipinski definition) is 1. The van der Waals surface area contributed by atoms with Crippen LogP contribution in [0.4, 0.5) is 0 Å². The molecule has 4 heteroatoms. The Bertz CT molecular complexity index is 397. The summed E-state index contributed by atoms with van der Waals surface area (Å²) in [5, 5.41) is 3.21. The zero-order chi connectivity index (χ0) is 13.7. The number of piperidine rings is 4. The molecule has 4 heterocycles. The first-order chi connectivity index (χ1) is 9.79. The zero-order valence-electron chi connectivity index (χ0n) is 12.6. The van der Waals surface area contributed by atoms with Gasteiger partial charge in [-0.3, -0.25) is 9.69 Å². The lowest BCUT2D eigenvalue weighted by molar-refractivity contribution is -0.153. The third kappa shape index (κ3) is 1.84. The third-order valence-corrected chi connectivity index (χ3v) is 6.35. The van der Waals surface area contributed by atoms with Gasteiger partial charge in [0, 0.05) is 18.6 Å². The summed E-state index contributed by atoms with van der Waals surface area (Å²) >= 11 is 0. The van der Waals surface area contributed by atoms with Crippen LogP contribution in [-0.2, 0) is 4.79 Å². The summed E-state index contributed by atoms with van der Waals surface area (Å²) in [6.45, 7) is 3.63. The van der Waals surface area contributed by atoms with Crippen LogP contribution in [0, 0.1) is 11.8 Å². The van der Waals surface area contributed by atoms with Crippen molar-refractivity contribution in [3.63, 3.8) is 0 Å². The molecule has 0 aromatic rings. The Kier molecular flexibility index (Phi) is 3.26. The second-order valence-electron chi connectivity index (χ2n) is 7.21. The number of nitrogens with one attached hydrogen (secondary N) is 1. The Morgan fingerprint density at radius 1 is 1.10 bits per heavy atom. The minimum atomic E-state index is 0.0751. The lowest BCUT2D eigenvalue weighted by Gasteiger charge is -2.59. The van der Waals surface area contributed by atoms with Gasteiger partial charge in [-0.15, -0.1) is 0 Å². The van der Waals surface area contributed by atoms with Crippen molar-refractivity contribution in [1.29, 1.82) is 0 Å². The van der Waals surface area contributed by atoms with Crippen molar-refractivity contribution in [2.24, 2.45) is 11.8 Å². The maximum absolute atomic E-state index is 12.7. The molecule has 0 aromatic heterocycles. The molecule has 4 aliphatic rings. The molecular weight excluding hydrogens is 250 g/mol. The quantitative estimate of drug-likeness (QED) is 0.779. The fraction of sp³-hybridized carbons (Fsp3) is 0.938. The highest BCUT2D eigenvalue weighted by Gasteiger charge is 2.51. The first kappa shape index (κ1) is 13.1. The number of carbonyl (C=O) groups excluding carboxylic acids is 1. The fourth-order valence-electron chi connectivity index (χ4n) is 5.55. The molecule has 0 radical (unpaired) electrons. The fourth-order valence-corrected chi connectivity index (χ4v) is 5.55. The van der Waals surface area contributed by atoms with Crippen LogP contribution in [0.15, 0.2) is 0 Å². The molecule has 4 nitrogen and oxygen atoms in total. The summed E-state index contributed by atoms with van der Waals surface area (Å²) < 4.78 is 0. The average Bonchev–Trinajstić information content (AvgIpc) is 2.49. The molecule has 0 bridgehead atoms. The molecule has 4 rings (SSSR count). The van der Waals surface area contributed by atoms with Gasteiger partial charge in [0.2, 0.25) is 5.91 Å². The van der Waals surface area contributed by atoms with Crippen LogP contribution < -0.4 is 5.32 Å². The minimum absolute atomic E-state index is 0.0751. The van der Waals surface area contributed by atoms with Crippen molar-refractivity contribution in [2.45, 2.75) is 56.7 Å². The second kappa shape index (κ2) is 4.99. The topological polar surface area (TPSA) is 35.6 Å². The summed E-state index contributed by atoms with van der Waals surface area (Å²) in [6, 6.07) is 1.40. The number of amides is 1. The molecule has 4 fully saturated rings. The van der Waals surface area contributed by atoms with Crippen molar-refractivity contribution >= 4 is 5.91 Å². The molecule has 20 heavy (non-hydrogen) atoms. The van der Waals surface area contributed by atoms with E-state index in [-0.39, 0.29) is 6.04 Å². The van der Waals surface area contributed by atoms with Gasteiger partial charge in [0.05, 0.1) is 6.04 Å². The molecule has 4 saturated heterocycles. The molecular formula is C16H27N3O. The highest BCUT2D eigenvalue weighted by atomic mass is 16.2. The number of fused-ring (bicyclic) bond motifs is 2. The molecule has 5 atom stereocenters. The first-order valence-electron chi connectivity index (χ1n) is 8.51. The molecule has 0 aromatic carbocycles. The van der Waals surface area contributed by atoms with Gasteiger partial charge < -0.3 is 10.2 Å². The lowest BCUT2D eigenvalue weighted by atomic mass is 9.68. The van der Waals surface area contributed by atoms with E-state index in [1.54, 1.807) is 0 Å². The minimum Gasteiger partial charge on any atom is -0.338 e. The predicted molar refractivity (Wildman–Crippen MR) is 78.4 cm³/mol. The lowest BCUT2D eigenvalue weighted by Crippen LogP contribution is -2.68. The molecule has 0 spiro atoms. The van der Waals surface area contributed by atoms with Crippen molar-refractivity contribution in [3.05, 3.63) is 0 Å². The van der Waals surface area contributed by atoms with Crippen molar-refractivity contribution in [3.8, 4) is 0 Å². The SMILES string of the molecule is CNC1CCC2C3CCCN4CCCC(CN2C1=O)C34. The van der Waals surface area contributed by atoms with E-state index in [1.807, 2.05) is 7.05 Å². The van der Waals surface area contributed by atoms with Crippen LogP contribution in [0.5, 0.6) is 0 Å². The van der Waals surface area contributed by atoms with E-state index in [0.29, 0.717) is 11.9 Å². The number of likely N-dealkylation sites (N-methyl/N-ethyl adjacent to an activating group) is 1. The Morgan fingerprint density at radius 3 is 2.70 bits per heavy atom. The van der Waals surface area contributed by atoms with Gasteiger partial charge in [0.25, 0.3) is 0 Å². The van der Waals surface area contributed by atoms with Crippen LogP contribution in [0.3, 0.4) is 0 Å². The Balaban J connectivity index is 1.62. The number of nitrogens with zero attached hydrogens (tertiary/aromatic N) is 2. The van der Waals surface area contributed by atoms with Gasteiger partial charge in [-0.05, 0) is 70.5 Å². The van der Waals surface area contributed by atoms with Crippen molar-refractivity contribution < 1.29 is 4.79 Å². The summed E-state index contributed by atoms with van der Waals surface area (Å²) in [5.74, 6) is 1.87. The predicted octanol–water partition coefficient (Wildman–Crippen LogP) is 1.07. The van der Waals surface area contributed by atoms with E-state index >= 15 is 0 Å². The monoisotopic (exact) mass is 277 g/mol. The van der Waals surface area contributed by atoms with Gasteiger partial charge in [0.1, 0.15) is 0 Å². The van der Waals surface area contributed by atoms with E-state index in [0.717, 1.165) is 30.8 Å². The maximum atomic E-state index is 12.7. The Hall–Kier alpha value is -0.610. The third-order valence-electron chi connectivity index (χ3n) is 6.35. The van der Waals surface area contributed by atoms with Gasteiger partial charge >= 0.3 is 0 Å². The van der Waals surface area contributed by atoms with E-state index in [2.05, 4.69) is 15.1 Å². The molecule has 1 amide bonds. The number of carbonyl (C=O) groups is 1. The summed E-state index contributed by atoms with van der Waals surface area (Å²) in [4.78, 5) is 17.7. The van der Waals surface area contributed by atoms with Crippen LogP contribution in [-0.4, -0.2) is 60.5 Å². The van der Waals surface area contributed by atoms with Crippen LogP contribution in [0.25, 0.3) is 0 Å². The molecule has 1 N–H and O–H groups in total. The highest BCUT2D eigenvalue weighted by Crippen LogP contribution is 2.44. The first-order valence-corrected chi connectivity index (χ1v) is 8.51. The molecule has 5 unspecified atom stereocenters. The van der Waals surface area contributed by atoms with Crippen molar-refractivity contribution in [1.82, 2.24) is 15.1 Å². The van der Waals surface area contributed by atoms with E-state index in [9.17, 15) is 4.79 Å². The van der Waals surface area contributed by atoms with E-state index < -0.39 is 0 Å². The Morgan fingerprint density at radius 2 is 1.90 bits per heavy atom. The highest BCUT2D eigenvalue weighted by molar-refractivity contribution is 5.83. The van der Waals surface area contributed by atoms with Crippen LogP contribution in [0.2, 0.25) is 0 Å². The molecule has 0 aliphatic carbocycles. The van der Waals surface area contributed by atoms with E-state index in [4.69, 9.17) is 0 Å². The standard InChI is InChI=1S/C16H27N3O/c1-17-13-6-7-14-12-5-3-9-18-8-2-4-11(15(12)18)10-19(14)16(13)20/h11-15,17H,2-10H2,1H3. The van der Waals surface area contributed by atoms with Gasteiger partial charge in [-0.1, -0.05) is 0 Å². The number of rotatable bonds is 1. The van der Waals surface area contributed by atoms with E-state index in [1.165, 1.54) is 45.2 Å². The molecule has 0 saturated carbocycles. The zero-order valence-corrected chi connectivity index (χ0v) is 12.6. The maximum Gasteiger partial charge on any atom is 0.239 e. The summed E-state index contributed by atoms with van der Waals surface area (Å²) in [5.41, 5.74) is 0. The smallest absolute Gasteiger partial charge is 0.239 e. The van der Waals surface area contributed by atoms with Crippen LogP contribution >= 0.6 is 0 Å². The average molecular weight is 277 g/mol. The summed E-state index contributed by atoms with van der Waals surface area (Å²) in [7, 11) is 1.93. The van der Waals surface area contributed by atoms with Gasteiger partial charge in [-0.2, -0.15) is 0 Å². The largest absolute Gasteiger partial charge is 0.338 e. The number of hydrogen-bond acceptors (Lipinski definition) is 3. The normalized spacial score (nSPS) is 45.0. The van der Waals surface area contributed by atoms with Gasteiger partial charge in [-0.25, -0.2) is 0 Å². The molecule has 4 aliphatic heterocycles. The van der Waals surface area contributed by atoms with Gasteiger partial charge in [0.15, 0.2) is 0 Å². The Labute approximate surface area is 121 Å². The van der Waals surface area contributed by atoms with Crippen molar-refractivity contribution in [2.75, 3.05) is 26.7 Å². The summed E-state index contributed by atoms with van der Waals surface area (Å²) in [6.07, 6.45) is 7.58.